The molecule has 16 heavy (non-hydrogen) atoms. The molecular formula is C15H24O. The monoisotopic (exact) mass is 220 g/mol. The highest BCUT2D eigenvalue weighted by molar-refractivity contribution is 5.58. The van der Waals surface area contributed by atoms with E-state index in [9.17, 15) is 4.79 Å². The molecule has 0 amide bonds. The van der Waals surface area contributed by atoms with Crippen molar-refractivity contribution in [2.45, 2.75) is 52.9 Å². The lowest BCUT2D eigenvalue weighted by Crippen LogP contribution is -2.34. The van der Waals surface area contributed by atoms with Gasteiger partial charge >= 0.3 is 0 Å². The zero-order valence-corrected chi connectivity index (χ0v) is 10.8. The van der Waals surface area contributed by atoms with Crippen LogP contribution < -0.4 is 0 Å². The maximum Gasteiger partial charge on any atom is 0.123 e. The summed E-state index contributed by atoms with van der Waals surface area (Å²) in [5.41, 5.74) is 0.824. The van der Waals surface area contributed by atoms with Crippen LogP contribution in [0.5, 0.6) is 0 Å². The van der Waals surface area contributed by atoms with E-state index in [0.717, 1.165) is 11.8 Å². The first-order chi connectivity index (χ1) is 7.50. The summed E-state index contributed by atoms with van der Waals surface area (Å²) in [6.07, 6.45) is 7.99. The largest absolute Gasteiger partial charge is 0.303 e. The molecule has 0 aromatic carbocycles. The Morgan fingerprint density at radius 2 is 1.88 bits per heavy atom. The summed E-state index contributed by atoms with van der Waals surface area (Å²) in [6.45, 7) is 7.30. The molecule has 0 spiro atoms. The first-order valence-electron chi connectivity index (χ1n) is 6.96. The molecule has 4 bridgehead atoms. The Labute approximate surface area is 99.0 Å². The first-order valence-corrected chi connectivity index (χ1v) is 6.96. The molecule has 1 nitrogen and oxygen atoms in total. The molecule has 5 atom stereocenters. The molecule has 3 aliphatic carbocycles. The fraction of sp³-hybridized carbons (Fsp3) is 0.933. The van der Waals surface area contributed by atoms with Gasteiger partial charge in [0.25, 0.3) is 0 Å². The highest BCUT2D eigenvalue weighted by Crippen LogP contribution is 2.70. The lowest BCUT2D eigenvalue weighted by Gasteiger charge is -2.38. The Hall–Kier alpha value is -0.330. The molecule has 3 aliphatic rings. The van der Waals surface area contributed by atoms with Gasteiger partial charge in [-0.2, -0.15) is 0 Å². The van der Waals surface area contributed by atoms with E-state index in [-0.39, 0.29) is 0 Å². The minimum Gasteiger partial charge on any atom is -0.303 e. The molecule has 90 valence electrons. The van der Waals surface area contributed by atoms with Crippen molar-refractivity contribution in [2.24, 2.45) is 34.5 Å². The average molecular weight is 220 g/mol. The molecule has 0 radical (unpaired) electrons. The summed E-state index contributed by atoms with van der Waals surface area (Å²) >= 11 is 0. The Kier molecular flexibility index (Phi) is 2.10. The second kappa shape index (κ2) is 3.11. The quantitative estimate of drug-likeness (QED) is 0.616. The van der Waals surface area contributed by atoms with Crippen LogP contribution in [-0.2, 0) is 4.79 Å². The predicted molar refractivity (Wildman–Crippen MR) is 65.0 cm³/mol. The molecule has 0 aromatic rings. The smallest absolute Gasteiger partial charge is 0.123 e. The van der Waals surface area contributed by atoms with Crippen LogP contribution in [-0.4, -0.2) is 6.29 Å². The molecular weight excluding hydrogens is 196 g/mol. The van der Waals surface area contributed by atoms with Crippen LogP contribution in [0.1, 0.15) is 52.9 Å². The van der Waals surface area contributed by atoms with E-state index in [1.807, 2.05) is 0 Å². The van der Waals surface area contributed by atoms with Crippen molar-refractivity contribution in [1.82, 2.24) is 0 Å². The molecule has 0 aromatic heterocycles. The number of hydrogen-bond donors (Lipinski definition) is 0. The fourth-order valence-corrected chi connectivity index (χ4v) is 5.73. The second-order valence-corrected chi connectivity index (χ2v) is 7.38. The van der Waals surface area contributed by atoms with Crippen LogP contribution >= 0.6 is 0 Å². The van der Waals surface area contributed by atoms with Crippen molar-refractivity contribution >= 4 is 6.29 Å². The number of rotatable bonds is 1. The van der Waals surface area contributed by atoms with E-state index < -0.39 is 0 Å². The van der Waals surface area contributed by atoms with Gasteiger partial charge in [-0.05, 0) is 54.3 Å². The van der Waals surface area contributed by atoms with Gasteiger partial charge in [-0.3, -0.25) is 0 Å². The van der Waals surface area contributed by atoms with E-state index in [0.29, 0.717) is 22.7 Å². The van der Waals surface area contributed by atoms with Crippen LogP contribution in [0.25, 0.3) is 0 Å². The highest BCUT2D eigenvalue weighted by atomic mass is 16.1. The fourth-order valence-electron chi connectivity index (χ4n) is 5.73. The molecule has 0 N–H and O–H groups in total. The van der Waals surface area contributed by atoms with Crippen molar-refractivity contribution in [3.8, 4) is 0 Å². The molecule has 1 heteroatoms. The topological polar surface area (TPSA) is 17.1 Å². The predicted octanol–water partition coefficient (Wildman–Crippen LogP) is 3.67. The summed E-state index contributed by atoms with van der Waals surface area (Å²) in [4.78, 5) is 11.5. The maximum absolute atomic E-state index is 11.5. The summed E-state index contributed by atoms with van der Waals surface area (Å²) in [5, 5.41) is 0. The average Bonchev–Trinajstić information content (AvgIpc) is 2.68. The summed E-state index contributed by atoms with van der Waals surface area (Å²) < 4.78 is 0. The number of carbonyl (C=O) groups is 1. The van der Waals surface area contributed by atoms with Gasteiger partial charge in [0.1, 0.15) is 6.29 Å². The minimum absolute atomic E-state index is 0.350. The van der Waals surface area contributed by atoms with Crippen molar-refractivity contribution in [3.63, 3.8) is 0 Å². The van der Waals surface area contributed by atoms with Gasteiger partial charge in [-0.1, -0.05) is 27.2 Å². The number of hydrogen-bond acceptors (Lipinski definition) is 1. The van der Waals surface area contributed by atoms with Crippen LogP contribution in [0.3, 0.4) is 0 Å². The van der Waals surface area contributed by atoms with Gasteiger partial charge in [0, 0.05) is 5.92 Å². The summed E-state index contributed by atoms with van der Waals surface area (Å²) in [6, 6.07) is 0. The van der Waals surface area contributed by atoms with Crippen molar-refractivity contribution in [2.75, 3.05) is 0 Å². The number of carbonyl (C=O) groups excluding carboxylic acids is 1. The van der Waals surface area contributed by atoms with Crippen molar-refractivity contribution in [3.05, 3.63) is 0 Å². The van der Waals surface area contributed by atoms with Crippen molar-refractivity contribution in [1.29, 1.82) is 0 Å². The van der Waals surface area contributed by atoms with Crippen LogP contribution in [0, 0.1) is 34.5 Å². The molecule has 3 rings (SSSR count). The van der Waals surface area contributed by atoms with E-state index in [2.05, 4.69) is 20.8 Å². The second-order valence-electron chi connectivity index (χ2n) is 7.38. The van der Waals surface area contributed by atoms with E-state index >= 15 is 0 Å². The lowest BCUT2D eigenvalue weighted by atomic mass is 9.65. The Bertz CT molecular complexity index is 319. The molecule has 3 saturated carbocycles. The van der Waals surface area contributed by atoms with Crippen LogP contribution in [0.2, 0.25) is 0 Å². The third-order valence-electron chi connectivity index (χ3n) is 6.36. The van der Waals surface area contributed by atoms with Gasteiger partial charge in [0.2, 0.25) is 0 Å². The van der Waals surface area contributed by atoms with Gasteiger partial charge in [0.15, 0.2) is 0 Å². The SMILES string of the molecule is CC1(C)CCC[C@]2(C)[C@H](C=O)[C@H]3CC[C@@H]2[C@@H]31. The van der Waals surface area contributed by atoms with Gasteiger partial charge in [-0.25, -0.2) is 0 Å². The Morgan fingerprint density at radius 3 is 2.56 bits per heavy atom. The Balaban J connectivity index is 2.07. The van der Waals surface area contributed by atoms with E-state index in [1.54, 1.807) is 0 Å². The first kappa shape index (κ1) is 10.8. The van der Waals surface area contributed by atoms with Crippen molar-refractivity contribution < 1.29 is 4.79 Å². The van der Waals surface area contributed by atoms with E-state index in [1.165, 1.54) is 38.4 Å². The molecule has 0 saturated heterocycles. The number of aldehydes is 1. The summed E-state index contributed by atoms with van der Waals surface area (Å²) in [5.74, 6) is 2.75. The lowest BCUT2D eigenvalue weighted by molar-refractivity contribution is -0.117. The zero-order chi connectivity index (χ0) is 11.6. The summed E-state index contributed by atoms with van der Waals surface area (Å²) in [7, 11) is 0. The van der Waals surface area contributed by atoms with Gasteiger partial charge in [0.05, 0.1) is 0 Å². The van der Waals surface area contributed by atoms with Gasteiger partial charge < -0.3 is 4.79 Å². The minimum atomic E-state index is 0.350. The zero-order valence-electron chi connectivity index (χ0n) is 10.8. The molecule has 0 unspecified atom stereocenters. The van der Waals surface area contributed by atoms with Crippen LogP contribution in [0.4, 0.5) is 0 Å². The van der Waals surface area contributed by atoms with Crippen LogP contribution in [0.15, 0.2) is 0 Å². The van der Waals surface area contributed by atoms with E-state index in [4.69, 9.17) is 0 Å². The normalized spacial score (nSPS) is 53.7. The third kappa shape index (κ3) is 1.10. The molecule has 0 heterocycles. The molecule has 3 fully saturated rings. The van der Waals surface area contributed by atoms with Gasteiger partial charge in [-0.15, -0.1) is 0 Å². The molecule has 0 aliphatic heterocycles. The third-order valence-corrected chi connectivity index (χ3v) is 6.36. The Morgan fingerprint density at radius 1 is 1.12 bits per heavy atom. The standard InChI is InChI=1S/C15H24O/c1-14(2)7-4-8-15(3)11-6-5-10(13(11)14)12(15)9-16/h9-13H,4-8H2,1-3H3/t10-,11-,12-,13-,15+/m1/s1. The maximum atomic E-state index is 11.5. The highest BCUT2D eigenvalue weighted by Gasteiger charge is 2.64.